The van der Waals surface area contributed by atoms with Crippen LogP contribution in [0.1, 0.15) is 105 Å². The SMILES string of the molecule is COC1CCC2(C)C(=CCC3C2CCC2(C)C(CCCCC(C)C)CCC32)C1.O=CNCCO. The van der Waals surface area contributed by atoms with Crippen LogP contribution in [0.4, 0.5) is 0 Å². The van der Waals surface area contributed by atoms with Gasteiger partial charge in [0.15, 0.2) is 0 Å². The minimum absolute atomic E-state index is 0.0126. The molecular formula is C30H53NO3. The van der Waals surface area contributed by atoms with Crippen LogP contribution in [0.3, 0.4) is 0 Å². The molecule has 196 valence electrons. The summed E-state index contributed by atoms with van der Waals surface area (Å²) >= 11 is 0. The standard InChI is InChI=1S/C27H46O.C3H7NO2/c1-19(2)8-6-7-9-20-11-13-24-23-12-10-21-18-22(28-5)14-16-27(21,4)25(23)15-17-26(20,24)3;5-2-1-4-3-6/h10,19-20,22-25H,6-9,11-18H2,1-5H3;3,5H,1-2H2,(H,4,6). The van der Waals surface area contributed by atoms with Crippen molar-refractivity contribution in [3.63, 3.8) is 0 Å². The second-order valence-electron chi connectivity index (χ2n) is 12.7. The van der Waals surface area contributed by atoms with Gasteiger partial charge in [-0.05, 0) is 98.2 Å². The van der Waals surface area contributed by atoms with E-state index in [4.69, 9.17) is 9.84 Å². The van der Waals surface area contributed by atoms with Crippen molar-refractivity contribution in [2.75, 3.05) is 20.3 Å². The highest BCUT2D eigenvalue weighted by atomic mass is 16.5. The average Bonchev–Trinajstić information content (AvgIpc) is 3.16. The number of amides is 1. The van der Waals surface area contributed by atoms with Crippen LogP contribution in [0.15, 0.2) is 11.6 Å². The maximum absolute atomic E-state index is 9.34. The Kier molecular flexibility index (Phi) is 10.1. The molecule has 0 heterocycles. The van der Waals surface area contributed by atoms with Crippen molar-refractivity contribution in [2.24, 2.45) is 40.4 Å². The van der Waals surface area contributed by atoms with Crippen LogP contribution in [0.25, 0.3) is 0 Å². The van der Waals surface area contributed by atoms with Gasteiger partial charge in [0.05, 0.1) is 12.7 Å². The zero-order valence-corrected chi connectivity index (χ0v) is 22.8. The number of aliphatic hydroxyl groups excluding tert-OH is 1. The summed E-state index contributed by atoms with van der Waals surface area (Å²) in [7, 11) is 1.91. The normalized spacial score (nSPS) is 38.7. The maximum atomic E-state index is 9.34. The third kappa shape index (κ3) is 5.91. The third-order valence-electron chi connectivity index (χ3n) is 10.5. The van der Waals surface area contributed by atoms with E-state index in [0.717, 1.165) is 29.6 Å². The first kappa shape index (κ1) is 27.7. The number of hydrogen-bond donors (Lipinski definition) is 2. The molecule has 0 aromatic heterocycles. The Hall–Kier alpha value is -0.870. The molecule has 4 aliphatic carbocycles. The van der Waals surface area contributed by atoms with Crippen LogP contribution >= 0.6 is 0 Å². The van der Waals surface area contributed by atoms with Crippen LogP contribution in [0, 0.1) is 40.4 Å². The summed E-state index contributed by atoms with van der Waals surface area (Å²) < 4.78 is 5.74. The number of ether oxygens (including phenoxy) is 1. The van der Waals surface area contributed by atoms with Gasteiger partial charge in [0, 0.05) is 13.7 Å². The highest BCUT2D eigenvalue weighted by molar-refractivity contribution is 5.45. The number of nitrogens with one attached hydrogen (secondary N) is 1. The zero-order valence-electron chi connectivity index (χ0n) is 22.8. The highest BCUT2D eigenvalue weighted by Gasteiger charge is 2.58. The molecule has 0 aromatic rings. The van der Waals surface area contributed by atoms with E-state index in [2.05, 4.69) is 39.1 Å². The lowest BCUT2D eigenvalue weighted by atomic mass is 9.47. The molecule has 3 fully saturated rings. The number of fused-ring (bicyclic) bond motifs is 5. The topological polar surface area (TPSA) is 58.6 Å². The van der Waals surface area contributed by atoms with E-state index in [9.17, 15) is 4.79 Å². The molecule has 34 heavy (non-hydrogen) atoms. The number of rotatable bonds is 9. The van der Waals surface area contributed by atoms with Gasteiger partial charge in [-0.25, -0.2) is 0 Å². The molecule has 3 saturated carbocycles. The first-order valence-corrected chi connectivity index (χ1v) is 14.3. The van der Waals surface area contributed by atoms with Crippen LogP contribution in [-0.2, 0) is 9.53 Å². The van der Waals surface area contributed by atoms with E-state index in [1.165, 1.54) is 77.0 Å². The fourth-order valence-corrected chi connectivity index (χ4v) is 8.48. The van der Waals surface area contributed by atoms with Gasteiger partial charge in [-0.3, -0.25) is 4.79 Å². The number of unbranched alkanes of at least 4 members (excludes halogenated alkanes) is 1. The molecule has 2 N–H and O–H groups in total. The number of allylic oxidation sites excluding steroid dienone is 1. The summed E-state index contributed by atoms with van der Waals surface area (Å²) in [5.41, 5.74) is 2.89. The van der Waals surface area contributed by atoms with E-state index in [1.807, 2.05) is 7.11 Å². The smallest absolute Gasteiger partial charge is 0.207 e. The van der Waals surface area contributed by atoms with Gasteiger partial charge >= 0.3 is 0 Å². The molecule has 0 saturated heterocycles. The second kappa shape index (κ2) is 12.4. The molecule has 4 nitrogen and oxygen atoms in total. The lowest BCUT2D eigenvalue weighted by molar-refractivity contribution is -0.109. The van der Waals surface area contributed by atoms with Crippen molar-refractivity contribution in [1.82, 2.24) is 5.32 Å². The van der Waals surface area contributed by atoms with Crippen molar-refractivity contribution >= 4 is 6.41 Å². The molecule has 0 bridgehead atoms. The number of aliphatic hydroxyl groups is 1. The van der Waals surface area contributed by atoms with Crippen LogP contribution in [-0.4, -0.2) is 37.9 Å². The highest BCUT2D eigenvalue weighted by Crippen LogP contribution is 2.66. The summed E-state index contributed by atoms with van der Waals surface area (Å²) in [5.74, 6) is 4.79. The minimum Gasteiger partial charge on any atom is -0.395 e. The molecule has 4 aliphatic rings. The Morgan fingerprint density at radius 2 is 1.94 bits per heavy atom. The van der Waals surface area contributed by atoms with E-state index in [-0.39, 0.29) is 6.61 Å². The van der Waals surface area contributed by atoms with Gasteiger partial charge in [0.1, 0.15) is 0 Å². The minimum atomic E-state index is 0.0126. The van der Waals surface area contributed by atoms with Crippen molar-refractivity contribution < 1.29 is 14.6 Å². The molecule has 4 rings (SSSR count). The molecule has 7 unspecified atom stereocenters. The summed E-state index contributed by atoms with van der Waals surface area (Å²) in [5, 5.41) is 10.2. The molecule has 4 heteroatoms. The summed E-state index contributed by atoms with van der Waals surface area (Å²) in [4.78, 5) is 9.34. The Bertz CT molecular complexity index is 676. The molecule has 7 atom stereocenters. The summed E-state index contributed by atoms with van der Waals surface area (Å²) in [6.45, 7) is 10.4. The number of carbonyl (C=O) groups is 1. The average molecular weight is 476 g/mol. The van der Waals surface area contributed by atoms with Gasteiger partial charge in [0.25, 0.3) is 0 Å². The van der Waals surface area contributed by atoms with Gasteiger partial charge in [-0.1, -0.05) is 58.6 Å². The molecular weight excluding hydrogens is 422 g/mol. The van der Waals surface area contributed by atoms with Crippen molar-refractivity contribution in [1.29, 1.82) is 0 Å². The predicted octanol–water partition coefficient (Wildman–Crippen LogP) is 6.52. The van der Waals surface area contributed by atoms with Crippen molar-refractivity contribution in [3.05, 3.63) is 11.6 Å². The first-order valence-electron chi connectivity index (χ1n) is 14.3. The summed E-state index contributed by atoms with van der Waals surface area (Å²) in [6, 6.07) is 0. The van der Waals surface area contributed by atoms with Gasteiger partial charge in [-0.15, -0.1) is 0 Å². The Morgan fingerprint density at radius 3 is 2.59 bits per heavy atom. The van der Waals surface area contributed by atoms with Crippen LogP contribution in [0.2, 0.25) is 0 Å². The second-order valence-corrected chi connectivity index (χ2v) is 12.7. The first-order chi connectivity index (χ1) is 16.3. The fraction of sp³-hybridized carbons (Fsp3) is 0.900. The van der Waals surface area contributed by atoms with E-state index in [1.54, 1.807) is 5.57 Å². The van der Waals surface area contributed by atoms with E-state index >= 15 is 0 Å². The molecule has 0 spiro atoms. The van der Waals surface area contributed by atoms with Crippen LogP contribution < -0.4 is 5.32 Å². The quantitative estimate of drug-likeness (QED) is 0.227. The van der Waals surface area contributed by atoms with E-state index < -0.39 is 0 Å². The maximum Gasteiger partial charge on any atom is 0.207 e. The predicted molar refractivity (Wildman–Crippen MR) is 140 cm³/mol. The third-order valence-corrected chi connectivity index (χ3v) is 10.5. The van der Waals surface area contributed by atoms with Crippen LogP contribution in [0.5, 0.6) is 0 Å². The molecule has 0 radical (unpaired) electrons. The largest absolute Gasteiger partial charge is 0.395 e. The Labute approximate surface area is 209 Å². The van der Waals surface area contributed by atoms with Crippen molar-refractivity contribution in [3.8, 4) is 0 Å². The van der Waals surface area contributed by atoms with Gasteiger partial charge in [0.2, 0.25) is 6.41 Å². The molecule has 0 aromatic carbocycles. The molecule has 1 amide bonds. The number of hydrogen-bond acceptors (Lipinski definition) is 3. The monoisotopic (exact) mass is 475 g/mol. The van der Waals surface area contributed by atoms with Crippen molar-refractivity contribution in [2.45, 2.75) is 111 Å². The number of methoxy groups -OCH3 is 1. The lowest BCUT2D eigenvalue weighted by Crippen LogP contribution is -2.50. The Balaban J connectivity index is 0.000000481. The fourth-order valence-electron chi connectivity index (χ4n) is 8.48. The zero-order chi connectivity index (χ0) is 24.8. The molecule has 0 aliphatic heterocycles. The Morgan fingerprint density at radius 1 is 1.15 bits per heavy atom. The summed E-state index contributed by atoms with van der Waals surface area (Å²) in [6.07, 6.45) is 20.8. The van der Waals surface area contributed by atoms with Gasteiger partial charge < -0.3 is 15.2 Å². The van der Waals surface area contributed by atoms with E-state index in [0.29, 0.717) is 29.9 Å². The van der Waals surface area contributed by atoms with Gasteiger partial charge in [-0.2, -0.15) is 0 Å². The lowest BCUT2D eigenvalue weighted by Gasteiger charge is -2.58. The number of carbonyl (C=O) groups excluding carboxylic acids is 1.